The number of oxazole rings is 1. The molecule has 0 saturated carbocycles. The fourth-order valence-corrected chi connectivity index (χ4v) is 4.51. The van der Waals surface area contributed by atoms with E-state index in [4.69, 9.17) is 4.42 Å². The number of para-hydroxylation sites is 2. The largest absolute Gasteiger partial charge is 0.501 e. The van der Waals surface area contributed by atoms with Gasteiger partial charge >= 0.3 is 0 Å². The molecule has 1 atom stereocenters. The third-order valence-corrected chi connectivity index (χ3v) is 6.41. The van der Waals surface area contributed by atoms with Crippen molar-refractivity contribution in [2.45, 2.75) is 6.04 Å². The molecule has 0 spiro atoms. The highest BCUT2D eigenvalue weighted by molar-refractivity contribution is 5.94. The van der Waals surface area contributed by atoms with Crippen molar-refractivity contribution in [3.05, 3.63) is 106 Å². The van der Waals surface area contributed by atoms with Crippen molar-refractivity contribution in [2.75, 3.05) is 26.0 Å². The Hall–Kier alpha value is -4.92. The van der Waals surface area contributed by atoms with E-state index in [1.165, 1.54) is 9.47 Å². The van der Waals surface area contributed by atoms with Crippen molar-refractivity contribution < 1.29 is 14.3 Å². The summed E-state index contributed by atoms with van der Waals surface area (Å²) in [7, 11) is 6.77. The van der Waals surface area contributed by atoms with Gasteiger partial charge in [0.2, 0.25) is 11.7 Å². The molecule has 38 heavy (non-hydrogen) atoms. The Bertz CT molecular complexity index is 1660. The van der Waals surface area contributed by atoms with Crippen LogP contribution in [0.2, 0.25) is 0 Å². The summed E-state index contributed by atoms with van der Waals surface area (Å²) < 4.78 is 7.10. The van der Waals surface area contributed by atoms with Crippen LogP contribution >= 0.6 is 0 Å². The standard InChI is InChI=1S/C29H27N5O4/c1-32(2)27(36)20-14-10-13-19(17-20)24(18-11-6-5-7-12-18)33(3)29-31-23(25(35)28(37)34(29)4)26-30-21-15-8-9-16-22(21)38-26/h5-17,24,35H,1-4H3. The van der Waals surface area contributed by atoms with Gasteiger partial charge in [0.15, 0.2) is 11.3 Å². The van der Waals surface area contributed by atoms with Gasteiger partial charge in [-0.2, -0.15) is 0 Å². The summed E-state index contributed by atoms with van der Waals surface area (Å²) in [6, 6.07) is 23.9. The number of fused-ring (bicyclic) bond motifs is 1. The zero-order valence-electron chi connectivity index (χ0n) is 21.5. The van der Waals surface area contributed by atoms with Crippen LogP contribution in [0, 0.1) is 0 Å². The lowest BCUT2D eigenvalue weighted by Gasteiger charge is -2.31. The molecule has 1 amide bonds. The van der Waals surface area contributed by atoms with E-state index in [0.29, 0.717) is 16.7 Å². The fourth-order valence-electron chi connectivity index (χ4n) is 4.51. The van der Waals surface area contributed by atoms with Crippen LogP contribution in [0.5, 0.6) is 5.75 Å². The molecule has 5 aromatic rings. The number of hydrogen-bond donors (Lipinski definition) is 1. The summed E-state index contributed by atoms with van der Waals surface area (Å²) in [5.41, 5.74) is 2.72. The highest BCUT2D eigenvalue weighted by Gasteiger charge is 2.27. The third-order valence-electron chi connectivity index (χ3n) is 6.41. The van der Waals surface area contributed by atoms with E-state index < -0.39 is 17.4 Å². The van der Waals surface area contributed by atoms with Crippen LogP contribution in [0.15, 0.2) is 88.1 Å². The monoisotopic (exact) mass is 509 g/mol. The Labute approximate surface area is 219 Å². The van der Waals surface area contributed by atoms with E-state index in [-0.39, 0.29) is 23.4 Å². The Balaban J connectivity index is 1.67. The molecule has 1 N–H and O–H groups in total. The minimum atomic E-state index is -0.637. The second-order valence-corrected chi connectivity index (χ2v) is 9.21. The molecule has 192 valence electrons. The van der Waals surface area contributed by atoms with Gasteiger partial charge in [0.1, 0.15) is 5.52 Å². The number of aromatic nitrogens is 3. The van der Waals surface area contributed by atoms with Crippen LogP contribution in [0.25, 0.3) is 22.7 Å². The van der Waals surface area contributed by atoms with Gasteiger partial charge in [0.05, 0.1) is 6.04 Å². The predicted octanol–water partition coefficient (Wildman–Crippen LogP) is 4.22. The van der Waals surface area contributed by atoms with E-state index in [2.05, 4.69) is 9.97 Å². The molecule has 2 heterocycles. The van der Waals surface area contributed by atoms with Gasteiger partial charge < -0.3 is 19.3 Å². The average molecular weight is 510 g/mol. The first-order valence-corrected chi connectivity index (χ1v) is 12.0. The maximum Gasteiger partial charge on any atom is 0.297 e. The van der Waals surface area contributed by atoms with Crippen molar-refractivity contribution >= 4 is 23.0 Å². The number of hydrogen-bond acceptors (Lipinski definition) is 7. The topological polar surface area (TPSA) is 105 Å². The molecule has 0 fully saturated rings. The SMILES string of the molecule is CN(C)C(=O)c1cccc(C(c2ccccc2)N(C)c2nc(-c3nc4ccccc4o3)c(O)c(=O)n2C)c1. The third kappa shape index (κ3) is 4.39. The minimum Gasteiger partial charge on any atom is -0.501 e. The lowest BCUT2D eigenvalue weighted by molar-refractivity contribution is 0.0827. The van der Waals surface area contributed by atoms with E-state index >= 15 is 0 Å². The second kappa shape index (κ2) is 9.85. The van der Waals surface area contributed by atoms with E-state index in [1.54, 1.807) is 39.3 Å². The van der Waals surface area contributed by atoms with Crippen molar-refractivity contribution in [3.8, 4) is 17.3 Å². The van der Waals surface area contributed by atoms with Crippen molar-refractivity contribution in [2.24, 2.45) is 7.05 Å². The summed E-state index contributed by atoms with van der Waals surface area (Å²) in [4.78, 5) is 38.3. The Morgan fingerprint density at radius 3 is 2.32 bits per heavy atom. The minimum absolute atomic E-state index is 0.0468. The molecule has 2 aromatic heterocycles. The molecular formula is C29H27N5O4. The van der Waals surface area contributed by atoms with Crippen LogP contribution in [-0.2, 0) is 7.05 Å². The van der Waals surface area contributed by atoms with Crippen LogP contribution in [-0.4, -0.2) is 51.6 Å². The maximum atomic E-state index is 13.1. The summed E-state index contributed by atoms with van der Waals surface area (Å²) >= 11 is 0. The molecular weight excluding hydrogens is 482 g/mol. The lowest BCUT2D eigenvalue weighted by Crippen LogP contribution is -2.33. The number of carbonyl (C=O) groups is 1. The molecule has 1 unspecified atom stereocenters. The average Bonchev–Trinajstić information content (AvgIpc) is 3.36. The van der Waals surface area contributed by atoms with Crippen LogP contribution < -0.4 is 10.5 Å². The number of amides is 1. The molecule has 0 aliphatic heterocycles. The zero-order chi connectivity index (χ0) is 27.0. The van der Waals surface area contributed by atoms with Gasteiger partial charge in [-0.25, -0.2) is 9.97 Å². The van der Waals surface area contributed by atoms with E-state index in [1.807, 2.05) is 72.6 Å². The lowest BCUT2D eigenvalue weighted by atomic mass is 9.96. The molecule has 3 aromatic carbocycles. The van der Waals surface area contributed by atoms with Crippen molar-refractivity contribution in [1.29, 1.82) is 0 Å². The molecule has 0 radical (unpaired) electrons. The molecule has 0 bridgehead atoms. The van der Waals surface area contributed by atoms with E-state index in [9.17, 15) is 14.7 Å². The van der Waals surface area contributed by atoms with Gasteiger partial charge in [-0.15, -0.1) is 0 Å². The summed E-state index contributed by atoms with van der Waals surface area (Å²) in [6.45, 7) is 0. The normalized spacial score (nSPS) is 11.9. The molecule has 0 aliphatic carbocycles. The number of benzene rings is 3. The number of nitrogens with zero attached hydrogens (tertiary/aromatic N) is 5. The number of anilines is 1. The maximum absolute atomic E-state index is 13.1. The first-order chi connectivity index (χ1) is 18.3. The zero-order valence-corrected chi connectivity index (χ0v) is 21.5. The first kappa shape index (κ1) is 24.8. The van der Waals surface area contributed by atoms with Crippen molar-refractivity contribution in [1.82, 2.24) is 19.4 Å². The van der Waals surface area contributed by atoms with Crippen LogP contribution in [0.4, 0.5) is 5.95 Å². The van der Waals surface area contributed by atoms with Gasteiger partial charge in [0.25, 0.3) is 17.4 Å². The Morgan fingerprint density at radius 2 is 1.61 bits per heavy atom. The Kier molecular flexibility index (Phi) is 6.42. The predicted molar refractivity (Wildman–Crippen MR) is 145 cm³/mol. The van der Waals surface area contributed by atoms with Crippen LogP contribution in [0.3, 0.4) is 0 Å². The fraction of sp³-hybridized carbons (Fsp3) is 0.172. The van der Waals surface area contributed by atoms with Gasteiger partial charge in [-0.3, -0.25) is 14.2 Å². The van der Waals surface area contributed by atoms with Crippen LogP contribution in [0.1, 0.15) is 27.5 Å². The molecule has 9 nitrogen and oxygen atoms in total. The highest BCUT2D eigenvalue weighted by Crippen LogP contribution is 2.34. The molecule has 9 heteroatoms. The molecule has 0 aliphatic rings. The summed E-state index contributed by atoms with van der Waals surface area (Å²) in [5.74, 6) is -0.338. The first-order valence-electron chi connectivity index (χ1n) is 12.0. The Morgan fingerprint density at radius 1 is 0.921 bits per heavy atom. The highest BCUT2D eigenvalue weighted by atomic mass is 16.4. The molecule has 5 rings (SSSR count). The second-order valence-electron chi connectivity index (χ2n) is 9.21. The van der Waals surface area contributed by atoms with E-state index in [0.717, 1.165) is 11.1 Å². The van der Waals surface area contributed by atoms with Gasteiger partial charge in [0, 0.05) is 33.8 Å². The number of carbonyl (C=O) groups excluding carboxylic acids is 1. The number of aromatic hydroxyl groups is 1. The summed E-state index contributed by atoms with van der Waals surface area (Å²) in [5, 5.41) is 10.7. The van der Waals surface area contributed by atoms with Gasteiger partial charge in [-0.1, -0.05) is 54.6 Å². The summed E-state index contributed by atoms with van der Waals surface area (Å²) in [6.07, 6.45) is 0. The van der Waals surface area contributed by atoms with Crippen molar-refractivity contribution in [3.63, 3.8) is 0 Å². The smallest absolute Gasteiger partial charge is 0.297 e. The van der Waals surface area contributed by atoms with Gasteiger partial charge in [-0.05, 0) is 35.4 Å². The number of rotatable bonds is 6. The molecule has 0 saturated heterocycles. The quantitative estimate of drug-likeness (QED) is 0.365.